The number of amides is 1. The van der Waals surface area contributed by atoms with E-state index in [4.69, 9.17) is 4.84 Å². The second-order valence-corrected chi connectivity index (χ2v) is 3.20. The predicted molar refractivity (Wildman–Crippen MR) is 55.2 cm³/mol. The number of carbonyl (C=O) groups is 1. The molecule has 0 saturated heterocycles. The van der Waals surface area contributed by atoms with Crippen LogP contribution in [-0.4, -0.2) is 29.7 Å². The summed E-state index contributed by atoms with van der Waals surface area (Å²) < 4.78 is 1.35. The van der Waals surface area contributed by atoms with Gasteiger partial charge in [0.05, 0.1) is 7.11 Å². The minimum absolute atomic E-state index is 0.00907. The van der Waals surface area contributed by atoms with Gasteiger partial charge < -0.3 is 4.57 Å². The molecule has 0 aliphatic heterocycles. The number of pyridine rings is 1. The first kappa shape index (κ1) is 11.5. The molecule has 0 spiro atoms. The van der Waals surface area contributed by atoms with Crippen molar-refractivity contribution in [2.24, 2.45) is 0 Å². The van der Waals surface area contributed by atoms with Crippen LogP contribution in [0.15, 0.2) is 23.1 Å². The topological polar surface area (TPSA) is 51.5 Å². The third-order valence-electron chi connectivity index (χ3n) is 2.14. The van der Waals surface area contributed by atoms with Gasteiger partial charge in [-0.1, -0.05) is 6.07 Å². The van der Waals surface area contributed by atoms with Crippen LogP contribution in [0.1, 0.15) is 5.56 Å². The Morgan fingerprint density at radius 2 is 2.27 bits per heavy atom. The Hall–Kier alpha value is -1.62. The van der Waals surface area contributed by atoms with Crippen LogP contribution in [0, 0.1) is 6.92 Å². The molecule has 1 aromatic rings. The number of hydrogen-bond acceptors (Lipinski definition) is 3. The minimum atomic E-state index is -0.273. The molecule has 0 radical (unpaired) electrons. The van der Waals surface area contributed by atoms with Crippen LogP contribution >= 0.6 is 0 Å². The molecule has 1 aromatic heterocycles. The van der Waals surface area contributed by atoms with E-state index < -0.39 is 0 Å². The van der Waals surface area contributed by atoms with Crippen LogP contribution in [0.4, 0.5) is 0 Å². The number of hydrogen-bond donors (Lipinski definition) is 0. The molecule has 0 fully saturated rings. The number of nitrogens with zero attached hydrogens (tertiary/aromatic N) is 2. The zero-order chi connectivity index (χ0) is 11.4. The van der Waals surface area contributed by atoms with Gasteiger partial charge in [-0.15, -0.1) is 0 Å². The predicted octanol–water partition coefficient (Wildman–Crippen LogP) is 0.177. The molecule has 1 heterocycles. The molecule has 0 saturated carbocycles. The normalized spacial score (nSPS) is 10.1. The summed E-state index contributed by atoms with van der Waals surface area (Å²) in [6.07, 6.45) is 1.58. The number of hydroxylamine groups is 2. The van der Waals surface area contributed by atoms with Gasteiger partial charge in [0.25, 0.3) is 11.5 Å². The third kappa shape index (κ3) is 2.66. The molecule has 5 nitrogen and oxygen atoms in total. The third-order valence-corrected chi connectivity index (χ3v) is 2.14. The molecule has 0 unspecified atom stereocenters. The lowest BCUT2D eigenvalue weighted by Gasteiger charge is -2.14. The highest BCUT2D eigenvalue weighted by atomic mass is 16.7. The lowest BCUT2D eigenvalue weighted by Crippen LogP contribution is -2.33. The van der Waals surface area contributed by atoms with Crippen molar-refractivity contribution in [1.82, 2.24) is 9.63 Å². The summed E-state index contributed by atoms with van der Waals surface area (Å²) in [5, 5.41) is 1.09. The Labute approximate surface area is 87.8 Å². The Kier molecular flexibility index (Phi) is 3.62. The van der Waals surface area contributed by atoms with Gasteiger partial charge in [-0.25, -0.2) is 5.06 Å². The summed E-state index contributed by atoms with van der Waals surface area (Å²) >= 11 is 0. The molecule has 1 amide bonds. The van der Waals surface area contributed by atoms with E-state index in [2.05, 4.69) is 0 Å². The molecule has 1 rings (SSSR count). The van der Waals surface area contributed by atoms with Gasteiger partial charge in [0.2, 0.25) is 0 Å². The first-order chi connectivity index (χ1) is 7.06. The molecule has 0 N–H and O–H groups in total. The van der Waals surface area contributed by atoms with Crippen LogP contribution in [0.25, 0.3) is 0 Å². The highest BCUT2D eigenvalue weighted by Gasteiger charge is 2.09. The summed E-state index contributed by atoms with van der Waals surface area (Å²) in [6, 6.07) is 3.44. The van der Waals surface area contributed by atoms with Crippen molar-refractivity contribution >= 4 is 5.91 Å². The Morgan fingerprint density at radius 1 is 1.60 bits per heavy atom. The fraction of sp³-hybridized carbons (Fsp3) is 0.400. The zero-order valence-electron chi connectivity index (χ0n) is 9.06. The summed E-state index contributed by atoms with van der Waals surface area (Å²) in [5.41, 5.74) is 0.459. The van der Waals surface area contributed by atoms with Crippen LogP contribution in [-0.2, 0) is 16.2 Å². The van der Waals surface area contributed by atoms with Crippen LogP contribution in [0.2, 0.25) is 0 Å². The van der Waals surface area contributed by atoms with Gasteiger partial charge in [-0.2, -0.15) is 0 Å². The van der Waals surface area contributed by atoms with E-state index in [1.165, 1.54) is 18.7 Å². The first-order valence-corrected chi connectivity index (χ1v) is 4.53. The highest BCUT2D eigenvalue weighted by molar-refractivity contribution is 5.74. The quantitative estimate of drug-likeness (QED) is 0.668. The van der Waals surface area contributed by atoms with E-state index in [0.29, 0.717) is 5.56 Å². The summed E-state index contributed by atoms with van der Waals surface area (Å²) in [5.74, 6) is -0.273. The number of rotatable bonds is 3. The number of carbonyl (C=O) groups excluding carboxylic acids is 1. The zero-order valence-corrected chi connectivity index (χ0v) is 9.06. The molecule has 0 bridgehead atoms. The van der Waals surface area contributed by atoms with E-state index >= 15 is 0 Å². The Morgan fingerprint density at radius 3 is 2.87 bits per heavy atom. The maximum atomic E-state index is 11.6. The fourth-order valence-electron chi connectivity index (χ4n) is 1.13. The molecule has 0 aliphatic carbocycles. The van der Waals surface area contributed by atoms with Crippen LogP contribution in [0.5, 0.6) is 0 Å². The lowest BCUT2D eigenvalue weighted by atomic mass is 10.3. The van der Waals surface area contributed by atoms with Gasteiger partial charge in [0.1, 0.15) is 6.54 Å². The van der Waals surface area contributed by atoms with Crippen LogP contribution in [0.3, 0.4) is 0 Å². The summed E-state index contributed by atoms with van der Waals surface area (Å²) in [4.78, 5) is 27.7. The molecule has 15 heavy (non-hydrogen) atoms. The summed E-state index contributed by atoms with van der Waals surface area (Å²) in [7, 11) is 2.90. The second-order valence-electron chi connectivity index (χ2n) is 3.20. The van der Waals surface area contributed by atoms with E-state index in [9.17, 15) is 9.59 Å². The first-order valence-electron chi connectivity index (χ1n) is 4.53. The van der Waals surface area contributed by atoms with Crippen molar-refractivity contribution in [3.8, 4) is 0 Å². The van der Waals surface area contributed by atoms with E-state index in [1.54, 1.807) is 25.3 Å². The lowest BCUT2D eigenvalue weighted by molar-refractivity contribution is -0.169. The molecule has 5 heteroatoms. The van der Waals surface area contributed by atoms with Crippen molar-refractivity contribution in [3.05, 3.63) is 34.2 Å². The SMILES string of the molecule is CON(C)C(=O)Cn1cccc(C)c1=O. The standard InChI is InChI=1S/C10H14N2O3/c1-8-5-4-6-12(10(8)14)7-9(13)11(2)15-3/h4-6H,7H2,1-3H3. The maximum Gasteiger partial charge on any atom is 0.265 e. The summed E-state index contributed by atoms with van der Waals surface area (Å²) in [6.45, 7) is 1.70. The van der Waals surface area contributed by atoms with Crippen molar-refractivity contribution < 1.29 is 9.63 Å². The van der Waals surface area contributed by atoms with Crippen molar-refractivity contribution in [2.45, 2.75) is 13.5 Å². The van der Waals surface area contributed by atoms with Gasteiger partial charge in [-0.05, 0) is 13.0 Å². The molecule has 0 atom stereocenters. The highest BCUT2D eigenvalue weighted by Crippen LogP contribution is 1.92. The van der Waals surface area contributed by atoms with Gasteiger partial charge >= 0.3 is 0 Å². The average molecular weight is 210 g/mol. The minimum Gasteiger partial charge on any atom is -0.306 e. The fourth-order valence-corrected chi connectivity index (χ4v) is 1.13. The number of likely N-dealkylation sites (N-methyl/N-ethyl adjacent to an activating group) is 1. The number of aromatic nitrogens is 1. The largest absolute Gasteiger partial charge is 0.306 e. The van der Waals surface area contributed by atoms with E-state index in [1.807, 2.05) is 0 Å². The van der Waals surface area contributed by atoms with Gasteiger partial charge in [0, 0.05) is 18.8 Å². The molecular weight excluding hydrogens is 196 g/mol. The Balaban J connectivity index is 2.86. The maximum absolute atomic E-state index is 11.6. The monoisotopic (exact) mass is 210 g/mol. The Bertz CT molecular complexity index is 411. The molecule has 82 valence electrons. The molecule has 0 aliphatic rings. The van der Waals surface area contributed by atoms with E-state index in [0.717, 1.165) is 5.06 Å². The van der Waals surface area contributed by atoms with Crippen LogP contribution < -0.4 is 5.56 Å². The second kappa shape index (κ2) is 4.75. The van der Waals surface area contributed by atoms with Crippen molar-refractivity contribution in [3.63, 3.8) is 0 Å². The van der Waals surface area contributed by atoms with Gasteiger partial charge in [0.15, 0.2) is 0 Å². The van der Waals surface area contributed by atoms with Crippen molar-refractivity contribution in [2.75, 3.05) is 14.2 Å². The number of aryl methyl sites for hydroxylation is 1. The van der Waals surface area contributed by atoms with Crippen molar-refractivity contribution in [1.29, 1.82) is 0 Å². The van der Waals surface area contributed by atoms with Gasteiger partial charge in [-0.3, -0.25) is 14.4 Å². The smallest absolute Gasteiger partial charge is 0.265 e. The van der Waals surface area contributed by atoms with E-state index in [-0.39, 0.29) is 18.0 Å². The molecular formula is C10H14N2O3. The average Bonchev–Trinajstić information content (AvgIpc) is 2.23. The molecule has 0 aromatic carbocycles.